The van der Waals surface area contributed by atoms with Gasteiger partial charge in [-0.1, -0.05) is 12.1 Å². The highest BCUT2D eigenvalue weighted by Gasteiger charge is 2.17. The molecule has 0 aliphatic heterocycles. The van der Waals surface area contributed by atoms with Gasteiger partial charge in [0.25, 0.3) is 15.9 Å². The van der Waals surface area contributed by atoms with Gasteiger partial charge >= 0.3 is 6.01 Å². The highest BCUT2D eigenvalue weighted by atomic mass is 32.2. The van der Waals surface area contributed by atoms with Crippen LogP contribution in [0.3, 0.4) is 0 Å². The van der Waals surface area contributed by atoms with Crippen molar-refractivity contribution >= 4 is 50.5 Å². The van der Waals surface area contributed by atoms with E-state index in [1.807, 2.05) is 0 Å². The van der Waals surface area contributed by atoms with Crippen molar-refractivity contribution in [1.29, 1.82) is 0 Å². The highest BCUT2D eigenvalue weighted by molar-refractivity contribution is 7.92. The molecule has 3 aromatic rings. The van der Waals surface area contributed by atoms with Gasteiger partial charge in [-0.25, -0.2) is 8.42 Å². The zero-order chi connectivity index (χ0) is 25.6. The number of benzene rings is 2. The topological polar surface area (TPSA) is 149 Å². The van der Waals surface area contributed by atoms with Gasteiger partial charge in [0.2, 0.25) is 5.88 Å². The van der Waals surface area contributed by atoms with Crippen LogP contribution in [0.5, 0.6) is 11.9 Å². The Hall–Kier alpha value is -4.10. The number of nitrogens with zero attached hydrogens (tertiary/aromatic N) is 2. The number of hydrogen-bond donors (Lipinski definition) is 3. The molecule has 1 aromatic heterocycles. The number of ether oxygens (including phenoxy) is 2. The first-order valence-corrected chi connectivity index (χ1v) is 11.8. The molecule has 0 radical (unpaired) electrons. The van der Waals surface area contributed by atoms with E-state index in [2.05, 4.69) is 25.3 Å². The second kappa shape index (κ2) is 10.9. The maximum atomic E-state index is 12.7. The number of methoxy groups -OCH3 is 2. The van der Waals surface area contributed by atoms with Gasteiger partial charge in [-0.05, 0) is 55.5 Å². The second-order valence-corrected chi connectivity index (χ2v) is 9.04. The lowest BCUT2D eigenvalue weighted by molar-refractivity contribution is 0.0974. The molecule has 0 unspecified atom stereocenters. The molecule has 0 saturated heterocycles. The average molecular weight is 516 g/mol. The number of carbonyl (C=O) groups excluding carboxylic acids is 2. The van der Waals surface area contributed by atoms with Gasteiger partial charge in [0.05, 0.1) is 19.1 Å². The van der Waals surface area contributed by atoms with Gasteiger partial charge in [-0.2, -0.15) is 9.97 Å². The van der Waals surface area contributed by atoms with Crippen LogP contribution in [0, 0.1) is 0 Å². The van der Waals surface area contributed by atoms with Crippen molar-refractivity contribution in [3.63, 3.8) is 0 Å². The molecule has 35 heavy (non-hydrogen) atoms. The van der Waals surface area contributed by atoms with E-state index in [-0.39, 0.29) is 33.5 Å². The minimum atomic E-state index is -3.98. The lowest BCUT2D eigenvalue weighted by atomic mass is 10.1. The van der Waals surface area contributed by atoms with Crippen molar-refractivity contribution in [3.8, 4) is 11.9 Å². The Labute approximate surface area is 206 Å². The summed E-state index contributed by atoms with van der Waals surface area (Å²) in [5, 5.41) is 5.34. The monoisotopic (exact) mass is 515 g/mol. The van der Waals surface area contributed by atoms with E-state index in [1.54, 1.807) is 12.1 Å². The van der Waals surface area contributed by atoms with E-state index in [1.165, 1.54) is 63.6 Å². The molecule has 2 aromatic carbocycles. The maximum Gasteiger partial charge on any atom is 0.321 e. The first kappa shape index (κ1) is 25.5. The number of anilines is 2. The van der Waals surface area contributed by atoms with Crippen LogP contribution in [-0.4, -0.2) is 49.4 Å². The first-order valence-electron chi connectivity index (χ1n) is 9.94. The highest BCUT2D eigenvalue weighted by Crippen LogP contribution is 2.21. The van der Waals surface area contributed by atoms with Crippen molar-refractivity contribution in [2.75, 3.05) is 24.3 Å². The van der Waals surface area contributed by atoms with Gasteiger partial charge < -0.3 is 14.8 Å². The summed E-state index contributed by atoms with van der Waals surface area (Å²) in [7, 11) is -1.26. The normalized spacial score (nSPS) is 10.7. The Morgan fingerprint density at radius 1 is 0.914 bits per heavy atom. The molecule has 3 rings (SSSR count). The average Bonchev–Trinajstić information content (AvgIpc) is 2.83. The van der Waals surface area contributed by atoms with Gasteiger partial charge in [-0.3, -0.25) is 19.6 Å². The third-order valence-electron chi connectivity index (χ3n) is 4.52. The molecule has 0 saturated carbocycles. The third-order valence-corrected chi connectivity index (χ3v) is 6.09. The van der Waals surface area contributed by atoms with Crippen LogP contribution in [0.4, 0.5) is 11.5 Å². The zero-order valence-corrected chi connectivity index (χ0v) is 20.5. The van der Waals surface area contributed by atoms with E-state index in [0.717, 1.165) is 0 Å². The lowest BCUT2D eigenvalue weighted by Gasteiger charge is -2.12. The number of nitrogens with one attached hydrogen (secondary N) is 3. The number of ketones is 1. The van der Waals surface area contributed by atoms with E-state index in [4.69, 9.17) is 21.7 Å². The number of aromatic nitrogens is 2. The molecular formula is C22H21N5O6S2. The molecule has 0 aliphatic carbocycles. The van der Waals surface area contributed by atoms with Gasteiger partial charge in [0.1, 0.15) is 0 Å². The molecular weight excluding hydrogens is 494 g/mol. The van der Waals surface area contributed by atoms with Gasteiger partial charge in [0, 0.05) is 22.9 Å². The Balaban J connectivity index is 1.64. The van der Waals surface area contributed by atoms with Crippen LogP contribution >= 0.6 is 12.2 Å². The van der Waals surface area contributed by atoms with E-state index in [0.29, 0.717) is 16.8 Å². The molecule has 13 heteroatoms. The molecule has 1 heterocycles. The van der Waals surface area contributed by atoms with Gasteiger partial charge in [0.15, 0.2) is 16.7 Å². The number of rotatable bonds is 8. The zero-order valence-electron chi connectivity index (χ0n) is 18.9. The molecule has 182 valence electrons. The van der Waals surface area contributed by atoms with Crippen molar-refractivity contribution in [1.82, 2.24) is 15.3 Å². The molecule has 0 bridgehead atoms. The Kier molecular flexibility index (Phi) is 7.94. The van der Waals surface area contributed by atoms with E-state index >= 15 is 0 Å². The van der Waals surface area contributed by atoms with E-state index in [9.17, 15) is 18.0 Å². The van der Waals surface area contributed by atoms with Crippen LogP contribution in [-0.2, 0) is 10.0 Å². The number of hydrogen-bond acceptors (Lipinski definition) is 9. The van der Waals surface area contributed by atoms with Crippen LogP contribution in [0.1, 0.15) is 27.6 Å². The molecule has 3 N–H and O–H groups in total. The lowest BCUT2D eigenvalue weighted by Crippen LogP contribution is -2.34. The van der Waals surface area contributed by atoms with Crippen molar-refractivity contribution < 1.29 is 27.5 Å². The summed E-state index contributed by atoms with van der Waals surface area (Å²) >= 11 is 5.15. The summed E-state index contributed by atoms with van der Waals surface area (Å²) in [5.41, 5.74) is 1.26. The fraction of sp³-hybridized carbons (Fsp3) is 0.136. The first-order chi connectivity index (χ1) is 16.6. The number of sulfonamides is 1. The van der Waals surface area contributed by atoms with Crippen molar-refractivity contribution in [3.05, 3.63) is 65.7 Å². The number of Topliss-reactive ketones (excluding diaryl/α,β-unsaturated/α-hetero) is 1. The summed E-state index contributed by atoms with van der Waals surface area (Å²) in [6.45, 7) is 1.44. The summed E-state index contributed by atoms with van der Waals surface area (Å²) in [6.07, 6.45) is 0. The van der Waals surface area contributed by atoms with Gasteiger partial charge in [-0.15, -0.1) is 0 Å². The maximum absolute atomic E-state index is 12.7. The standard InChI is InChI=1S/C22H21N5O6S2/c1-13(28)14-4-6-15(7-5-14)20(29)26-22(34)23-16-8-10-17(11-9-16)35(30,31)27-18-12-19(32-2)25-21(24-18)33-3/h4-12H,1-3H3,(H,24,25,27)(H2,23,26,29,34). The molecule has 0 aliphatic rings. The molecule has 0 atom stereocenters. The largest absolute Gasteiger partial charge is 0.481 e. The van der Waals surface area contributed by atoms with Crippen molar-refractivity contribution in [2.45, 2.75) is 11.8 Å². The Morgan fingerprint density at radius 3 is 2.11 bits per heavy atom. The molecule has 11 nitrogen and oxygen atoms in total. The SMILES string of the molecule is COc1cc(NS(=O)(=O)c2ccc(NC(=S)NC(=O)c3ccc(C(C)=O)cc3)cc2)nc(OC)n1. The summed E-state index contributed by atoms with van der Waals surface area (Å²) in [5.74, 6) is -0.474. The minimum Gasteiger partial charge on any atom is -0.481 e. The fourth-order valence-electron chi connectivity index (χ4n) is 2.76. The van der Waals surface area contributed by atoms with Crippen LogP contribution in [0.2, 0.25) is 0 Å². The number of carbonyl (C=O) groups is 2. The summed E-state index contributed by atoms with van der Waals surface area (Å²) in [4.78, 5) is 31.5. The molecule has 1 amide bonds. The van der Waals surface area contributed by atoms with Crippen molar-refractivity contribution in [2.24, 2.45) is 0 Å². The quantitative estimate of drug-likeness (QED) is 0.302. The Morgan fingerprint density at radius 2 is 1.54 bits per heavy atom. The predicted molar refractivity (Wildman–Crippen MR) is 133 cm³/mol. The fourth-order valence-corrected chi connectivity index (χ4v) is 3.96. The Bertz CT molecular complexity index is 1340. The molecule has 0 fully saturated rings. The van der Waals surface area contributed by atoms with Crippen LogP contribution in [0.25, 0.3) is 0 Å². The van der Waals surface area contributed by atoms with E-state index < -0.39 is 15.9 Å². The smallest absolute Gasteiger partial charge is 0.321 e. The van der Waals surface area contributed by atoms with Crippen LogP contribution < -0.4 is 24.8 Å². The molecule has 0 spiro atoms. The minimum absolute atomic E-state index is 0.0135. The third kappa shape index (κ3) is 6.71. The number of amides is 1. The predicted octanol–water partition coefficient (Wildman–Crippen LogP) is 2.62. The summed E-state index contributed by atoms with van der Waals surface area (Å²) < 4.78 is 37.7. The van der Waals surface area contributed by atoms with Crippen LogP contribution in [0.15, 0.2) is 59.5 Å². The second-order valence-electron chi connectivity index (χ2n) is 6.95. The number of thiocarbonyl (C=S) groups is 1. The summed E-state index contributed by atoms with van der Waals surface area (Å²) in [6, 6.07) is 13.1.